The molecule has 4 rings (SSSR count). The Balaban J connectivity index is 0.000000663. The van der Waals surface area contributed by atoms with Gasteiger partial charge in [0.1, 0.15) is 23.7 Å². The van der Waals surface area contributed by atoms with Gasteiger partial charge in [0, 0.05) is 36.2 Å². The fraction of sp³-hybridized carbons (Fsp3) is 0.414. The van der Waals surface area contributed by atoms with Crippen LogP contribution < -0.4 is 15.4 Å². The van der Waals surface area contributed by atoms with Crippen molar-refractivity contribution in [3.05, 3.63) is 70.3 Å². The maximum absolute atomic E-state index is 11.8. The highest BCUT2D eigenvalue weighted by Gasteiger charge is 2.22. The third-order valence-corrected chi connectivity index (χ3v) is 5.79. The minimum Gasteiger partial charge on any atom is -0.494 e. The van der Waals surface area contributed by atoms with E-state index in [2.05, 4.69) is 20.8 Å². The monoisotopic (exact) mass is 568 g/mol. The number of fused-ring (bicyclic) bond motifs is 3. The van der Waals surface area contributed by atoms with E-state index in [1.165, 1.54) is 6.92 Å². The highest BCUT2D eigenvalue weighted by molar-refractivity contribution is 6.30. The number of ether oxygens (including phenoxy) is 2. The Morgan fingerprint density at radius 3 is 2.42 bits per heavy atom. The molecule has 1 aliphatic heterocycles. The van der Waals surface area contributed by atoms with Crippen molar-refractivity contribution in [1.29, 1.82) is 0 Å². The first-order chi connectivity index (χ1) is 19.0. The van der Waals surface area contributed by atoms with Gasteiger partial charge in [-0.3, -0.25) is 14.4 Å². The van der Waals surface area contributed by atoms with Crippen molar-refractivity contribution >= 4 is 29.3 Å². The van der Waals surface area contributed by atoms with Gasteiger partial charge >= 0.3 is 6.09 Å². The summed E-state index contributed by atoms with van der Waals surface area (Å²) < 4.78 is 13.3. The molecule has 0 bridgehead atoms. The molecule has 40 heavy (non-hydrogen) atoms. The molecule has 2 heterocycles. The summed E-state index contributed by atoms with van der Waals surface area (Å²) in [5, 5.41) is 14.5. The van der Waals surface area contributed by atoms with Crippen LogP contribution >= 0.6 is 11.6 Å². The lowest BCUT2D eigenvalue weighted by molar-refractivity contribution is -0.118. The summed E-state index contributed by atoms with van der Waals surface area (Å²) in [5.41, 5.74) is 3.15. The van der Waals surface area contributed by atoms with Crippen LogP contribution in [0.3, 0.4) is 0 Å². The van der Waals surface area contributed by atoms with E-state index < -0.39 is 11.7 Å². The summed E-state index contributed by atoms with van der Waals surface area (Å²) in [5.74, 6) is 2.33. The maximum atomic E-state index is 11.8. The van der Waals surface area contributed by atoms with E-state index in [-0.39, 0.29) is 5.91 Å². The van der Waals surface area contributed by atoms with E-state index in [0.29, 0.717) is 36.9 Å². The summed E-state index contributed by atoms with van der Waals surface area (Å²) in [6, 6.07) is 13.5. The standard InChI is InChI=1S/C25H28ClN5O3.C4H9NO/c1-16-29-30-22-15-28-23(17-6-8-18(26)9-7-17)20-14-19(10-11-21(20)31(16)22)33-13-5-12-27-24(32)34-25(2,3)4;1-3-5-4(2)6/h6-11,14H,5,12-13,15H2,1-4H3,(H,27,32);3H2,1-2H3,(H,5,6). The number of carbonyl (C=O) groups excluding carboxylic acids is 2. The lowest BCUT2D eigenvalue weighted by Gasteiger charge is -2.19. The van der Waals surface area contributed by atoms with E-state index in [1.54, 1.807) is 0 Å². The first-order valence-electron chi connectivity index (χ1n) is 13.2. The van der Waals surface area contributed by atoms with Crippen LogP contribution in [0, 0.1) is 6.92 Å². The predicted octanol–water partition coefficient (Wildman–Crippen LogP) is 5.02. The molecule has 0 aliphatic carbocycles. The fourth-order valence-electron chi connectivity index (χ4n) is 3.92. The Hall–Kier alpha value is -3.92. The Labute approximate surface area is 240 Å². The third kappa shape index (κ3) is 8.81. The van der Waals surface area contributed by atoms with Crippen molar-refractivity contribution in [2.45, 2.75) is 60.1 Å². The molecule has 214 valence electrons. The van der Waals surface area contributed by atoms with Crippen LogP contribution in [-0.2, 0) is 16.1 Å². The zero-order chi connectivity index (χ0) is 29.3. The number of aromatic nitrogens is 3. The van der Waals surface area contributed by atoms with Crippen molar-refractivity contribution in [1.82, 2.24) is 25.4 Å². The van der Waals surface area contributed by atoms with E-state index in [0.717, 1.165) is 40.7 Å². The van der Waals surface area contributed by atoms with Gasteiger partial charge in [-0.25, -0.2) is 4.79 Å². The molecule has 0 saturated carbocycles. The zero-order valence-electron chi connectivity index (χ0n) is 23.9. The molecule has 1 aromatic heterocycles. The number of aliphatic imine (C=N–C) groups is 1. The quantitative estimate of drug-likeness (QED) is 0.386. The molecular formula is C29H37ClN6O4. The summed E-state index contributed by atoms with van der Waals surface area (Å²) in [6.45, 7) is 12.9. The van der Waals surface area contributed by atoms with Gasteiger partial charge in [-0.1, -0.05) is 23.7 Å². The molecule has 2 amide bonds. The van der Waals surface area contributed by atoms with Gasteiger partial charge in [-0.05, 0) is 71.4 Å². The lowest BCUT2D eigenvalue weighted by atomic mass is 10.00. The zero-order valence-corrected chi connectivity index (χ0v) is 24.6. The van der Waals surface area contributed by atoms with Gasteiger partial charge in [0.15, 0.2) is 5.82 Å². The average molecular weight is 569 g/mol. The number of nitrogens with one attached hydrogen (secondary N) is 2. The highest BCUT2D eigenvalue weighted by Crippen LogP contribution is 2.29. The van der Waals surface area contributed by atoms with Gasteiger partial charge in [-0.15, -0.1) is 10.2 Å². The molecule has 2 aromatic carbocycles. The molecule has 0 unspecified atom stereocenters. The number of hydrogen-bond acceptors (Lipinski definition) is 7. The van der Waals surface area contributed by atoms with Crippen LogP contribution in [-0.4, -0.2) is 57.8 Å². The first-order valence-corrected chi connectivity index (χ1v) is 13.6. The van der Waals surface area contributed by atoms with Gasteiger partial charge in [-0.2, -0.15) is 0 Å². The Morgan fingerprint density at radius 1 is 1.07 bits per heavy atom. The third-order valence-electron chi connectivity index (χ3n) is 5.54. The van der Waals surface area contributed by atoms with Gasteiger partial charge < -0.3 is 20.1 Å². The van der Waals surface area contributed by atoms with E-state index in [1.807, 2.05) is 81.7 Å². The summed E-state index contributed by atoms with van der Waals surface area (Å²) in [6.07, 6.45) is 0.213. The average Bonchev–Trinajstić information content (AvgIpc) is 3.15. The van der Waals surface area contributed by atoms with Gasteiger partial charge in [0.05, 0.1) is 18.0 Å². The minimum atomic E-state index is -0.519. The number of rotatable bonds is 7. The molecular weight excluding hydrogens is 532 g/mol. The van der Waals surface area contributed by atoms with E-state index >= 15 is 0 Å². The molecule has 0 spiro atoms. The minimum absolute atomic E-state index is 0.0394. The van der Waals surface area contributed by atoms with E-state index in [9.17, 15) is 9.59 Å². The van der Waals surface area contributed by atoms with Crippen molar-refractivity contribution < 1.29 is 19.1 Å². The molecule has 2 N–H and O–H groups in total. The molecule has 11 heteroatoms. The number of amides is 2. The predicted molar refractivity (Wildman–Crippen MR) is 156 cm³/mol. The maximum Gasteiger partial charge on any atom is 0.407 e. The number of nitrogens with zero attached hydrogens (tertiary/aromatic N) is 4. The number of aryl methyl sites for hydroxylation is 1. The van der Waals surface area contributed by atoms with Crippen LogP contribution in [0.4, 0.5) is 4.79 Å². The van der Waals surface area contributed by atoms with Gasteiger partial charge in [0.25, 0.3) is 0 Å². The van der Waals surface area contributed by atoms with Crippen LogP contribution in [0.2, 0.25) is 5.02 Å². The Kier molecular flexibility index (Phi) is 10.7. The second-order valence-electron chi connectivity index (χ2n) is 10.1. The van der Waals surface area contributed by atoms with E-state index in [4.69, 9.17) is 26.1 Å². The first kappa shape index (κ1) is 30.6. The molecule has 0 fully saturated rings. The largest absolute Gasteiger partial charge is 0.494 e. The molecule has 1 aliphatic rings. The second kappa shape index (κ2) is 13.9. The number of hydrogen-bond donors (Lipinski definition) is 2. The van der Waals surface area contributed by atoms with Crippen molar-refractivity contribution in [3.8, 4) is 11.4 Å². The number of carbonyl (C=O) groups is 2. The number of benzene rings is 2. The van der Waals surface area contributed by atoms with Crippen molar-refractivity contribution in [2.75, 3.05) is 19.7 Å². The van der Waals surface area contributed by atoms with Crippen LogP contribution in [0.5, 0.6) is 5.75 Å². The van der Waals surface area contributed by atoms with Crippen LogP contribution in [0.15, 0.2) is 47.5 Å². The van der Waals surface area contributed by atoms with Crippen LogP contribution in [0.1, 0.15) is 63.8 Å². The molecule has 0 saturated heterocycles. The summed E-state index contributed by atoms with van der Waals surface area (Å²) >= 11 is 6.10. The molecule has 3 aromatic rings. The van der Waals surface area contributed by atoms with Crippen LogP contribution in [0.25, 0.3) is 5.69 Å². The summed E-state index contributed by atoms with van der Waals surface area (Å²) in [7, 11) is 0. The SMILES string of the molecule is CCNC(C)=O.Cc1nnc2n1-c1ccc(OCCCNC(=O)OC(C)(C)C)cc1C(c1ccc(Cl)cc1)=NC2. The fourth-order valence-corrected chi connectivity index (χ4v) is 4.04. The molecule has 0 radical (unpaired) electrons. The Morgan fingerprint density at radius 2 is 1.80 bits per heavy atom. The topological polar surface area (TPSA) is 120 Å². The summed E-state index contributed by atoms with van der Waals surface area (Å²) in [4.78, 5) is 26.6. The molecule has 0 atom stereocenters. The molecule has 10 nitrogen and oxygen atoms in total. The number of alkyl carbamates (subject to hydrolysis) is 1. The number of halogens is 1. The second-order valence-corrected chi connectivity index (χ2v) is 10.5. The van der Waals surface area contributed by atoms with Crippen molar-refractivity contribution in [2.24, 2.45) is 4.99 Å². The van der Waals surface area contributed by atoms with Crippen molar-refractivity contribution in [3.63, 3.8) is 0 Å². The highest BCUT2D eigenvalue weighted by atomic mass is 35.5. The normalized spacial score (nSPS) is 12.0. The Bertz CT molecular complexity index is 1350. The smallest absolute Gasteiger partial charge is 0.407 e. The van der Waals surface area contributed by atoms with Gasteiger partial charge in [0.2, 0.25) is 5.91 Å². The lowest BCUT2D eigenvalue weighted by Crippen LogP contribution is -2.33.